The molecule has 1 aliphatic heterocycles. The fourth-order valence-electron chi connectivity index (χ4n) is 2.62. The van der Waals surface area contributed by atoms with Gasteiger partial charge in [-0.3, -0.25) is 4.79 Å². The molecule has 5 heteroatoms. The molecule has 2 aromatic rings. The van der Waals surface area contributed by atoms with Gasteiger partial charge in [-0.2, -0.15) is 0 Å². The molecule has 21 heavy (non-hydrogen) atoms. The molecule has 0 aromatic heterocycles. The summed E-state index contributed by atoms with van der Waals surface area (Å²) in [6.45, 7) is 1.87. The predicted molar refractivity (Wildman–Crippen MR) is 81.1 cm³/mol. The SMILES string of the molecule is C[C@H](N)c1cccc(F)c1N1CC(=O)Nc2ccccc21. The lowest BCUT2D eigenvalue weighted by Crippen LogP contribution is -2.36. The molecule has 3 rings (SSSR count). The lowest BCUT2D eigenvalue weighted by molar-refractivity contribution is -0.115. The third-order valence-electron chi connectivity index (χ3n) is 3.55. The Kier molecular flexibility index (Phi) is 3.35. The third kappa shape index (κ3) is 2.36. The maximum absolute atomic E-state index is 14.4. The molecule has 3 N–H and O–H groups in total. The fourth-order valence-corrected chi connectivity index (χ4v) is 2.62. The molecule has 108 valence electrons. The maximum atomic E-state index is 14.4. The van der Waals surface area contributed by atoms with E-state index in [1.165, 1.54) is 6.07 Å². The first-order valence-corrected chi connectivity index (χ1v) is 6.78. The maximum Gasteiger partial charge on any atom is 0.244 e. The van der Waals surface area contributed by atoms with Gasteiger partial charge in [-0.1, -0.05) is 24.3 Å². The number of anilines is 3. The highest BCUT2D eigenvalue weighted by atomic mass is 19.1. The van der Waals surface area contributed by atoms with Crippen molar-refractivity contribution in [2.75, 3.05) is 16.8 Å². The summed E-state index contributed by atoms with van der Waals surface area (Å²) in [5.74, 6) is -0.554. The lowest BCUT2D eigenvalue weighted by Gasteiger charge is -2.33. The summed E-state index contributed by atoms with van der Waals surface area (Å²) in [7, 11) is 0. The zero-order valence-electron chi connectivity index (χ0n) is 11.6. The summed E-state index contributed by atoms with van der Waals surface area (Å²) < 4.78 is 14.4. The number of nitrogens with zero attached hydrogens (tertiary/aromatic N) is 1. The first-order valence-electron chi connectivity index (χ1n) is 6.78. The second-order valence-corrected chi connectivity index (χ2v) is 5.12. The van der Waals surface area contributed by atoms with Crippen molar-refractivity contribution in [3.05, 3.63) is 53.8 Å². The molecule has 0 spiro atoms. The van der Waals surface area contributed by atoms with Crippen molar-refractivity contribution in [1.82, 2.24) is 0 Å². The van der Waals surface area contributed by atoms with Crippen LogP contribution in [0.3, 0.4) is 0 Å². The van der Waals surface area contributed by atoms with Crippen LogP contribution in [0.1, 0.15) is 18.5 Å². The van der Waals surface area contributed by atoms with E-state index in [4.69, 9.17) is 5.73 Å². The number of rotatable bonds is 2. The van der Waals surface area contributed by atoms with Crippen molar-refractivity contribution in [2.24, 2.45) is 5.73 Å². The normalized spacial score (nSPS) is 15.4. The number of nitrogens with two attached hydrogens (primary N) is 1. The van der Waals surface area contributed by atoms with Crippen LogP contribution >= 0.6 is 0 Å². The summed E-state index contributed by atoms with van der Waals surface area (Å²) in [5, 5.41) is 2.79. The highest BCUT2D eigenvalue weighted by Crippen LogP contribution is 2.39. The first-order chi connectivity index (χ1) is 10.1. The Morgan fingerprint density at radius 3 is 2.76 bits per heavy atom. The van der Waals surface area contributed by atoms with Crippen LogP contribution in [0.25, 0.3) is 0 Å². The molecule has 1 heterocycles. The minimum absolute atomic E-state index is 0.0671. The number of halogens is 1. The van der Waals surface area contributed by atoms with Crippen LogP contribution in [-0.4, -0.2) is 12.5 Å². The number of nitrogens with one attached hydrogen (secondary N) is 1. The van der Waals surface area contributed by atoms with Crippen molar-refractivity contribution in [2.45, 2.75) is 13.0 Å². The second-order valence-electron chi connectivity index (χ2n) is 5.12. The molecule has 2 aromatic carbocycles. The van der Waals surface area contributed by atoms with Gasteiger partial charge in [0.25, 0.3) is 0 Å². The van der Waals surface area contributed by atoms with Crippen LogP contribution in [0.5, 0.6) is 0 Å². The Morgan fingerprint density at radius 1 is 1.24 bits per heavy atom. The van der Waals surface area contributed by atoms with E-state index < -0.39 is 0 Å². The molecule has 1 atom stereocenters. The monoisotopic (exact) mass is 285 g/mol. The second kappa shape index (κ2) is 5.18. The minimum atomic E-state index is -0.380. The number of hydrogen-bond donors (Lipinski definition) is 2. The standard InChI is InChI=1S/C16H16FN3O/c1-10(18)11-5-4-6-12(17)16(11)20-9-15(21)19-13-7-2-3-8-14(13)20/h2-8,10H,9,18H2,1H3,(H,19,21)/t10-/m0/s1. The van der Waals surface area contributed by atoms with Gasteiger partial charge in [0, 0.05) is 6.04 Å². The van der Waals surface area contributed by atoms with E-state index in [1.54, 1.807) is 30.0 Å². The molecule has 4 nitrogen and oxygen atoms in total. The first kappa shape index (κ1) is 13.6. The predicted octanol–water partition coefficient (Wildman–Crippen LogP) is 2.94. The topological polar surface area (TPSA) is 58.4 Å². The molecule has 0 radical (unpaired) electrons. The number of benzene rings is 2. The van der Waals surface area contributed by atoms with E-state index >= 15 is 0 Å². The smallest absolute Gasteiger partial charge is 0.244 e. The molecule has 1 aliphatic rings. The van der Waals surface area contributed by atoms with Crippen LogP contribution in [0.2, 0.25) is 0 Å². The van der Waals surface area contributed by atoms with Gasteiger partial charge in [0.05, 0.1) is 17.1 Å². The highest BCUT2D eigenvalue weighted by molar-refractivity contribution is 6.03. The van der Waals surface area contributed by atoms with E-state index in [0.29, 0.717) is 16.9 Å². The van der Waals surface area contributed by atoms with Crippen LogP contribution in [0, 0.1) is 5.82 Å². The van der Waals surface area contributed by atoms with Crippen molar-refractivity contribution in [1.29, 1.82) is 0 Å². The molecule has 0 saturated heterocycles. The molecule has 0 aliphatic carbocycles. The van der Waals surface area contributed by atoms with Gasteiger partial charge in [0.2, 0.25) is 5.91 Å². The highest BCUT2D eigenvalue weighted by Gasteiger charge is 2.27. The van der Waals surface area contributed by atoms with Crippen molar-refractivity contribution in [3.63, 3.8) is 0 Å². The lowest BCUT2D eigenvalue weighted by atomic mass is 10.0. The van der Waals surface area contributed by atoms with E-state index in [-0.39, 0.29) is 24.3 Å². The molecule has 0 bridgehead atoms. The van der Waals surface area contributed by atoms with E-state index in [0.717, 1.165) is 5.69 Å². The van der Waals surface area contributed by atoms with Gasteiger partial charge >= 0.3 is 0 Å². The Balaban J connectivity index is 2.20. The third-order valence-corrected chi connectivity index (χ3v) is 3.55. The summed E-state index contributed by atoms with van der Waals surface area (Å²) >= 11 is 0. The Hall–Kier alpha value is -2.40. The van der Waals surface area contributed by atoms with Gasteiger partial charge in [0.15, 0.2) is 0 Å². The van der Waals surface area contributed by atoms with Crippen molar-refractivity contribution >= 4 is 23.0 Å². The molecule has 0 fully saturated rings. The Morgan fingerprint density at radius 2 is 2.00 bits per heavy atom. The van der Waals surface area contributed by atoms with Gasteiger partial charge in [-0.25, -0.2) is 4.39 Å². The summed E-state index contributed by atoms with van der Waals surface area (Å²) in [6, 6.07) is 11.8. The average molecular weight is 285 g/mol. The molecule has 0 unspecified atom stereocenters. The molecule has 1 amide bonds. The zero-order valence-corrected chi connectivity index (χ0v) is 11.6. The Bertz CT molecular complexity index is 700. The fraction of sp³-hybridized carbons (Fsp3) is 0.188. The van der Waals surface area contributed by atoms with Gasteiger partial charge < -0.3 is 16.0 Å². The largest absolute Gasteiger partial charge is 0.328 e. The number of hydrogen-bond acceptors (Lipinski definition) is 3. The summed E-state index contributed by atoms with van der Waals surface area (Å²) in [4.78, 5) is 13.6. The van der Waals surface area contributed by atoms with E-state index in [2.05, 4.69) is 5.32 Å². The van der Waals surface area contributed by atoms with Gasteiger partial charge in [-0.05, 0) is 30.7 Å². The molecular formula is C16H16FN3O. The number of carbonyl (C=O) groups excluding carboxylic acids is 1. The van der Waals surface area contributed by atoms with Crippen LogP contribution in [0.15, 0.2) is 42.5 Å². The van der Waals surface area contributed by atoms with Crippen LogP contribution < -0.4 is 16.0 Å². The number of carbonyl (C=O) groups is 1. The number of para-hydroxylation sites is 3. The van der Waals surface area contributed by atoms with Gasteiger partial charge in [0.1, 0.15) is 12.4 Å². The summed E-state index contributed by atoms with van der Waals surface area (Å²) in [5.41, 5.74) is 8.44. The number of fused-ring (bicyclic) bond motifs is 1. The van der Waals surface area contributed by atoms with Crippen LogP contribution in [-0.2, 0) is 4.79 Å². The van der Waals surface area contributed by atoms with E-state index in [1.807, 2.05) is 18.2 Å². The Labute approximate surface area is 122 Å². The summed E-state index contributed by atoms with van der Waals surface area (Å²) in [6.07, 6.45) is 0. The number of amides is 1. The minimum Gasteiger partial charge on any atom is -0.328 e. The quantitative estimate of drug-likeness (QED) is 0.892. The zero-order chi connectivity index (χ0) is 15.0. The van der Waals surface area contributed by atoms with Crippen LogP contribution in [0.4, 0.5) is 21.5 Å². The average Bonchev–Trinajstić information content (AvgIpc) is 2.46. The van der Waals surface area contributed by atoms with E-state index in [9.17, 15) is 9.18 Å². The molecular weight excluding hydrogens is 269 g/mol. The molecule has 0 saturated carbocycles. The van der Waals surface area contributed by atoms with Crippen molar-refractivity contribution in [3.8, 4) is 0 Å². The van der Waals surface area contributed by atoms with Gasteiger partial charge in [-0.15, -0.1) is 0 Å². The van der Waals surface area contributed by atoms with Crippen molar-refractivity contribution < 1.29 is 9.18 Å².